The molecule has 1 rings (SSSR count). The van der Waals surface area contributed by atoms with E-state index in [2.05, 4.69) is 24.8 Å². The molecule has 0 aliphatic heterocycles. The summed E-state index contributed by atoms with van der Waals surface area (Å²) in [5, 5.41) is 8.59. The molecule has 86 valence electrons. The van der Waals surface area contributed by atoms with Crippen LogP contribution in [0.15, 0.2) is 24.3 Å². The largest absolute Gasteiger partial charge is 0.396 e. The molecule has 0 radical (unpaired) electrons. The van der Waals surface area contributed by atoms with Crippen molar-refractivity contribution in [3.05, 3.63) is 35.4 Å². The number of hydrogen-bond acceptors (Lipinski definition) is 2. The van der Waals surface area contributed by atoms with Crippen LogP contribution >= 0.6 is 0 Å². The molecular formula is C12H21NO2. The van der Waals surface area contributed by atoms with Crippen molar-refractivity contribution in [2.24, 2.45) is 5.73 Å². The van der Waals surface area contributed by atoms with E-state index in [9.17, 15) is 0 Å². The van der Waals surface area contributed by atoms with E-state index in [0.29, 0.717) is 0 Å². The van der Waals surface area contributed by atoms with Crippen LogP contribution in [0.3, 0.4) is 0 Å². The average Bonchev–Trinajstić information content (AvgIpc) is 2.26. The summed E-state index contributed by atoms with van der Waals surface area (Å²) in [4.78, 5) is 8.58. The number of primary amides is 1. The van der Waals surface area contributed by atoms with Crippen LogP contribution in [0.25, 0.3) is 0 Å². The van der Waals surface area contributed by atoms with Crippen molar-refractivity contribution in [1.82, 2.24) is 0 Å². The standard InChI is InChI=1S/C9H12O.C2H6.CH3NO/c1-8-2-4-9(5-3-8)6-7-10;1-2;2-1-3/h2-5,10H,6-7H2,1H3;1-2H3;1H,(H2,2,3). The number of aryl methyl sites for hydroxylation is 1. The summed E-state index contributed by atoms with van der Waals surface area (Å²) in [7, 11) is 0. The lowest BCUT2D eigenvalue weighted by Gasteiger charge is -1.96. The fourth-order valence-electron chi connectivity index (χ4n) is 0.884. The Morgan fingerprint density at radius 2 is 1.67 bits per heavy atom. The number of rotatable bonds is 2. The number of nitrogens with two attached hydrogens (primary N) is 1. The Kier molecular flexibility index (Phi) is 13.6. The summed E-state index contributed by atoms with van der Waals surface area (Å²) < 4.78 is 0. The lowest BCUT2D eigenvalue weighted by Crippen LogP contribution is -1.89. The molecule has 0 aromatic heterocycles. The van der Waals surface area contributed by atoms with Crippen molar-refractivity contribution in [3.8, 4) is 0 Å². The maximum atomic E-state index is 8.59. The zero-order chi connectivity index (χ0) is 12.1. The first kappa shape index (κ1) is 16.1. The Balaban J connectivity index is 0. The lowest BCUT2D eigenvalue weighted by molar-refractivity contribution is -0.106. The number of hydrogen-bond donors (Lipinski definition) is 2. The molecule has 0 atom stereocenters. The van der Waals surface area contributed by atoms with Crippen LogP contribution in [0, 0.1) is 6.92 Å². The molecule has 0 aliphatic rings. The number of amides is 1. The summed E-state index contributed by atoms with van der Waals surface area (Å²) in [6.07, 6.45) is 1.01. The van der Waals surface area contributed by atoms with Crippen LogP contribution in [-0.4, -0.2) is 18.1 Å². The fourth-order valence-corrected chi connectivity index (χ4v) is 0.884. The summed E-state index contributed by atoms with van der Waals surface area (Å²) in [5.74, 6) is 0. The van der Waals surface area contributed by atoms with E-state index in [1.54, 1.807) is 0 Å². The molecule has 0 heterocycles. The summed E-state index contributed by atoms with van der Waals surface area (Å²) in [5.41, 5.74) is 6.63. The summed E-state index contributed by atoms with van der Waals surface area (Å²) >= 11 is 0. The molecule has 1 aromatic rings. The van der Waals surface area contributed by atoms with Crippen LogP contribution in [0.4, 0.5) is 0 Å². The molecule has 0 bridgehead atoms. The van der Waals surface area contributed by atoms with Gasteiger partial charge in [-0.15, -0.1) is 0 Å². The Morgan fingerprint density at radius 1 is 1.27 bits per heavy atom. The molecule has 0 fully saturated rings. The molecule has 0 saturated carbocycles. The molecule has 3 nitrogen and oxygen atoms in total. The van der Waals surface area contributed by atoms with Crippen molar-refractivity contribution < 1.29 is 9.90 Å². The minimum atomic E-state index is 0.239. The SMILES string of the molecule is CC.Cc1ccc(CCO)cc1.NC=O. The van der Waals surface area contributed by atoms with Gasteiger partial charge in [-0.05, 0) is 18.9 Å². The van der Waals surface area contributed by atoms with E-state index < -0.39 is 0 Å². The molecule has 3 heteroatoms. The van der Waals surface area contributed by atoms with Gasteiger partial charge in [0, 0.05) is 6.61 Å². The molecule has 15 heavy (non-hydrogen) atoms. The zero-order valence-corrected chi connectivity index (χ0v) is 9.73. The summed E-state index contributed by atoms with van der Waals surface area (Å²) in [6, 6.07) is 8.22. The highest BCUT2D eigenvalue weighted by Gasteiger charge is 1.88. The van der Waals surface area contributed by atoms with Gasteiger partial charge in [0.15, 0.2) is 0 Å². The topological polar surface area (TPSA) is 63.3 Å². The molecular weight excluding hydrogens is 190 g/mol. The number of aliphatic hydroxyl groups excluding tert-OH is 1. The van der Waals surface area contributed by atoms with E-state index in [4.69, 9.17) is 9.90 Å². The normalized spacial score (nSPS) is 7.73. The highest BCUT2D eigenvalue weighted by atomic mass is 16.2. The van der Waals surface area contributed by atoms with Crippen LogP contribution < -0.4 is 5.73 Å². The third kappa shape index (κ3) is 10.6. The monoisotopic (exact) mass is 211 g/mol. The van der Waals surface area contributed by atoms with E-state index in [-0.39, 0.29) is 13.0 Å². The Hall–Kier alpha value is -1.35. The van der Waals surface area contributed by atoms with Gasteiger partial charge in [-0.1, -0.05) is 43.7 Å². The van der Waals surface area contributed by atoms with E-state index >= 15 is 0 Å². The molecule has 1 amide bonds. The first-order valence-electron chi connectivity index (χ1n) is 5.06. The number of carbonyl (C=O) groups is 1. The van der Waals surface area contributed by atoms with Gasteiger partial charge >= 0.3 is 0 Å². The Morgan fingerprint density at radius 3 is 2.00 bits per heavy atom. The van der Waals surface area contributed by atoms with Crippen molar-refractivity contribution >= 4 is 6.41 Å². The van der Waals surface area contributed by atoms with Crippen LogP contribution in [0.2, 0.25) is 0 Å². The number of carbonyl (C=O) groups excluding carboxylic acids is 1. The smallest absolute Gasteiger partial charge is 0.204 e. The van der Waals surface area contributed by atoms with Crippen LogP contribution in [-0.2, 0) is 11.2 Å². The number of benzene rings is 1. The van der Waals surface area contributed by atoms with Gasteiger partial charge in [0.05, 0.1) is 0 Å². The molecule has 3 N–H and O–H groups in total. The third-order valence-corrected chi connectivity index (χ3v) is 1.52. The Bertz CT molecular complexity index is 232. The third-order valence-electron chi connectivity index (χ3n) is 1.52. The highest BCUT2D eigenvalue weighted by Crippen LogP contribution is 2.02. The van der Waals surface area contributed by atoms with E-state index in [1.165, 1.54) is 11.1 Å². The quantitative estimate of drug-likeness (QED) is 0.731. The van der Waals surface area contributed by atoms with Crippen molar-refractivity contribution in [2.75, 3.05) is 6.61 Å². The maximum absolute atomic E-state index is 8.59. The molecule has 0 unspecified atom stereocenters. The lowest BCUT2D eigenvalue weighted by atomic mass is 10.1. The predicted octanol–water partition coefficient (Wildman–Crippen LogP) is 1.66. The van der Waals surface area contributed by atoms with Gasteiger partial charge in [0.25, 0.3) is 0 Å². The number of aliphatic hydroxyl groups is 1. The van der Waals surface area contributed by atoms with E-state index in [1.807, 2.05) is 26.0 Å². The van der Waals surface area contributed by atoms with Crippen molar-refractivity contribution in [1.29, 1.82) is 0 Å². The van der Waals surface area contributed by atoms with Gasteiger partial charge in [0.2, 0.25) is 6.41 Å². The maximum Gasteiger partial charge on any atom is 0.204 e. The summed E-state index contributed by atoms with van der Waals surface area (Å²) in [6.45, 7) is 6.30. The second-order valence-electron chi connectivity index (χ2n) is 2.60. The van der Waals surface area contributed by atoms with Gasteiger partial charge in [-0.25, -0.2) is 0 Å². The first-order valence-corrected chi connectivity index (χ1v) is 5.06. The minimum Gasteiger partial charge on any atom is -0.396 e. The van der Waals surface area contributed by atoms with Crippen LogP contribution in [0.1, 0.15) is 25.0 Å². The van der Waals surface area contributed by atoms with Gasteiger partial charge in [-0.3, -0.25) is 4.79 Å². The average molecular weight is 211 g/mol. The van der Waals surface area contributed by atoms with Gasteiger partial charge in [-0.2, -0.15) is 0 Å². The minimum absolute atomic E-state index is 0.239. The highest BCUT2D eigenvalue weighted by molar-refractivity contribution is 5.42. The molecule has 0 saturated heterocycles. The Labute approximate surface area is 91.9 Å². The van der Waals surface area contributed by atoms with Gasteiger partial charge in [0.1, 0.15) is 0 Å². The second kappa shape index (κ2) is 12.7. The van der Waals surface area contributed by atoms with Crippen LogP contribution in [0.5, 0.6) is 0 Å². The van der Waals surface area contributed by atoms with Crippen molar-refractivity contribution in [3.63, 3.8) is 0 Å². The zero-order valence-electron chi connectivity index (χ0n) is 9.73. The van der Waals surface area contributed by atoms with Gasteiger partial charge < -0.3 is 10.8 Å². The fraction of sp³-hybridized carbons (Fsp3) is 0.417. The van der Waals surface area contributed by atoms with E-state index in [0.717, 1.165) is 6.42 Å². The molecule has 1 aromatic carbocycles. The first-order chi connectivity index (χ1) is 7.24. The predicted molar refractivity (Wildman–Crippen MR) is 63.6 cm³/mol. The van der Waals surface area contributed by atoms with Crippen molar-refractivity contribution in [2.45, 2.75) is 27.2 Å². The molecule has 0 aliphatic carbocycles. The molecule has 0 spiro atoms. The second-order valence-corrected chi connectivity index (χ2v) is 2.60.